The zero-order valence-corrected chi connectivity index (χ0v) is 8.66. The van der Waals surface area contributed by atoms with Crippen molar-refractivity contribution >= 4 is 10.9 Å². The number of aromatic amines is 1. The lowest BCUT2D eigenvalue weighted by Crippen LogP contribution is -2.01. The fourth-order valence-electron chi connectivity index (χ4n) is 2.02. The van der Waals surface area contributed by atoms with Crippen LogP contribution in [-0.4, -0.2) is 23.0 Å². The summed E-state index contributed by atoms with van der Waals surface area (Å²) < 4.78 is 0. The summed E-state index contributed by atoms with van der Waals surface area (Å²) in [6.07, 6.45) is 3.22. The Kier molecular flexibility index (Phi) is 1.81. The van der Waals surface area contributed by atoms with E-state index in [2.05, 4.69) is 46.9 Å². The van der Waals surface area contributed by atoms with Gasteiger partial charge in [0.25, 0.3) is 0 Å². The quantitative estimate of drug-likeness (QED) is 0.751. The molecule has 0 atom stereocenters. The molecule has 2 nitrogen and oxygen atoms in total. The van der Waals surface area contributed by atoms with Crippen LogP contribution in [0.2, 0.25) is 0 Å². The average molecular weight is 198 g/mol. The Bertz CT molecular complexity index is 510. The molecule has 0 bridgehead atoms. The Morgan fingerprint density at radius 3 is 2.93 bits per heavy atom. The summed E-state index contributed by atoms with van der Waals surface area (Å²) in [5.41, 5.74) is 3.91. The molecule has 0 amide bonds. The number of H-pyrrole nitrogens is 1. The van der Waals surface area contributed by atoms with Crippen LogP contribution < -0.4 is 0 Å². The van der Waals surface area contributed by atoms with Crippen molar-refractivity contribution in [2.24, 2.45) is 0 Å². The van der Waals surface area contributed by atoms with Crippen molar-refractivity contribution < 1.29 is 0 Å². The minimum Gasteiger partial charge on any atom is -0.368 e. The molecule has 1 N–H and O–H groups in total. The summed E-state index contributed by atoms with van der Waals surface area (Å²) >= 11 is 0. The van der Waals surface area contributed by atoms with Gasteiger partial charge in [-0.15, -0.1) is 0 Å². The zero-order chi connectivity index (χ0) is 10.3. The Labute approximate surface area is 89.2 Å². The molecule has 2 heteroatoms. The van der Waals surface area contributed by atoms with Crippen LogP contribution >= 0.6 is 0 Å². The molecule has 0 spiro atoms. The number of para-hydroxylation sites is 1. The van der Waals surface area contributed by atoms with Gasteiger partial charge in [0.15, 0.2) is 0 Å². The monoisotopic (exact) mass is 198 g/mol. The molecule has 15 heavy (non-hydrogen) atoms. The third-order valence-electron chi connectivity index (χ3n) is 3.04. The van der Waals surface area contributed by atoms with Gasteiger partial charge >= 0.3 is 0 Å². The van der Waals surface area contributed by atoms with Crippen LogP contribution in [0.5, 0.6) is 0 Å². The van der Waals surface area contributed by atoms with Crippen molar-refractivity contribution in [2.45, 2.75) is 6.42 Å². The van der Waals surface area contributed by atoms with Crippen LogP contribution in [0.1, 0.15) is 5.56 Å². The lowest BCUT2D eigenvalue weighted by atomic mass is 10.1. The van der Waals surface area contributed by atoms with E-state index in [9.17, 15) is 0 Å². The maximum atomic E-state index is 3.93. The molecule has 2 aromatic rings. The minimum atomic E-state index is 1.09. The molecule has 0 aliphatic carbocycles. The number of benzene rings is 1. The van der Waals surface area contributed by atoms with E-state index in [1.54, 1.807) is 0 Å². The predicted octanol–water partition coefficient (Wildman–Crippen LogP) is 2.54. The molecule has 1 fully saturated rings. The van der Waals surface area contributed by atoms with Gasteiger partial charge in [-0.25, -0.2) is 0 Å². The minimum absolute atomic E-state index is 1.09. The third-order valence-corrected chi connectivity index (χ3v) is 3.04. The lowest BCUT2D eigenvalue weighted by Gasteiger charge is -2.00. The molecule has 0 unspecified atom stereocenters. The van der Waals surface area contributed by atoms with Crippen LogP contribution in [0.15, 0.2) is 42.7 Å². The number of aromatic nitrogens is 1. The second-order valence-corrected chi connectivity index (χ2v) is 4.10. The highest BCUT2D eigenvalue weighted by atomic mass is 15.3. The molecule has 0 saturated carbocycles. The molecule has 1 aromatic heterocycles. The zero-order valence-electron chi connectivity index (χ0n) is 8.66. The molecule has 3 rings (SSSR count). The third kappa shape index (κ3) is 1.52. The van der Waals surface area contributed by atoms with Crippen LogP contribution in [-0.2, 0) is 6.42 Å². The standard InChI is InChI=1S/C13H14N2/c1-10-9-15(10)7-6-11-8-14-13-5-3-2-4-12(11)13/h2-5,8,14H,1,6-7,9H2. The van der Waals surface area contributed by atoms with Crippen LogP contribution in [0.3, 0.4) is 0 Å². The molecule has 1 saturated heterocycles. The molecule has 0 radical (unpaired) electrons. The number of hydrogen-bond acceptors (Lipinski definition) is 1. The first-order chi connectivity index (χ1) is 7.34. The van der Waals surface area contributed by atoms with Gasteiger partial charge in [0, 0.05) is 29.3 Å². The summed E-state index contributed by atoms with van der Waals surface area (Å²) in [6.45, 7) is 6.11. The van der Waals surface area contributed by atoms with Crippen molar-refractivity contribution in [1.82, 2.24) is 9.88 Å². The van der Waals surface area contributed by atoms with E-state index in [4.69, 9.17) is 0 Å². The van der Waals surface area contributed by atoms with E-state index in [0.717, 1.165) is 19.5 Å². The first-order valence-electron chi connectivity index (χ1n) is 5.32. The average Bonchev–Trinajstić information content (AvgIpc) is 2.81. The molecule has 2 heterocycles. The Hall–Kier alpha value is -1.70. The molecule has 1 aliphatic heterocycles. The van der Waals surface area contributed by atoms with E-state index in [1.165, 1.54) is 22.2 Å². The number of fused-ring (bicyclic) bond motifs is 1. The number of hydrogen-bond donors (Lipinski definition) is 1. The van der Waals surface area contributed by atoms with Crippen molar-refractivity contribution in [2.75, 3.05) is 13.1 Å². The van der Waals surface area contributed by atoms with Gasteiger partial charge in [-0.1, -0.05) is 24.8 Å². The fourth-order valence-corrected chi connectivity index (χ4v) is 2.02. The maximum Gasteiger partial charge on any atom is 0.0570 e. The topological polar surface area (TPSA) is 18.8 Å². The van der Waals surface area contributed by atoms with Gasteiger partial charge in [-0.2, -0.15) is 0 Å². The second kappa shape index (κ2) is 3.16. The van der Waals surface area contributed by atoms with Crippen LogP contribution in [0.25, 0.3) is 10.9 Å². The van der Waals surface area contributed by atoms with E-state index in [-0.39, 0.29) is 0 Å². The van der Waals surface area contributed by atoms with Gasteiger partial charge in [-0.05, 0) is 18.1 Å². The lowest BCUT2D eigenvalue weighted by molar-refractivity contribution is 0.585. The summed E-state index contributed by atoms with van der Waals surface area (Å²) in [6, 6.07) is 8.46. The first kappa shape index (κ1) is 8.60. The number of nitrogens with zero attached hydrogens (tertiary/aromatic N) is 1. The van der Waals surface area contributed by atoms with Crippen LogP contribution in [0, 0.1) is 0 Å². The van der Waals surface area contributed by atoms with Crippen molar-refractivity contribution in [3.63, 3.8) is 0 Å². The van der Waals surface area contributed by atoms with Gasteiger partial charge in [-0.3, -0.25) is 0 Å². The van der Waals surface area contributed by atoms with Crippen LogP contribution in [0.4, 0.5) is 0 Å². The normalized spacial score (nSPS) is 14.9. The summed E-state index contributed by atoms with van der Waals surface area (Å²) in [5.74, 6) is 0. The number of rotatable bonds is 3. The Morgan fingerprint density at radius 1 is 1.33 bits per heavy atom. The Morgan fingerprint density at radius 2 is 2.13 bits per heavy atom. The Balaban J connectivity index is 1.81. The van der Waals surface area contributed by atoms with E-state index in [0.29, 0.717) is 0 Å². The molecular weight excluding hydrogens is 184 g/mol. The highest BCUT2D eigenvalue weighted by Crippen LogP contribution is 2.22. The smallest absolute Gasteiger partial charge is 0.0570 e. The van der Waals surface area contributed by atoms with E-state index in [1.807, 2.05) is 0 Å². The predicted molar refractivity (Wildman–Crippen MR) is 62.7 cm³/mol. The number of nitrogens with one attached hydrogen (secondary N) is 1. The largest absolute Gasteiger partial charge is 0.368 e. The van der Waals surface area contributed by atoms with Gasteiger partial charge in [0.2, 0.25) is 0 Å². The summed E-state index contributed by atoms with van der Waals surface area (Å²) in [5, 5.41) is 1.35. The maximum absolute atomic E-state index is 3.93. The van der Waals surface area contributed by atoms with Crippen molar-refractivity contribution in [1.29, 1.82) is 0 Å². The molecular formula is C13H14N2. The SMILES string of the molecule is C=C1CN1CCc1c[nH]c2ccccc12. The fraction of sp³-hybridized carbons (Fsp3) is 0.231. The summed E-state index contributed by atoms with van der Waals surface area (Å²) in [7, 11) is 0. The summed E-state index contributed by atoms with van der Waals surface area (Å²) in [4.78, 5) is 5.61. The first-order valence-corrected chi connectivity index (χ1v) is 5.32. The van der Waals surface area contributed by atoms with E-state index >= 15 is 0 Å². The highest BCUT2D eigenvalue weighted by molar-refractivity contribution is 5.83. The molecule has 76 valence electrons. The highest BCUT2D eigenvalue weighted by Gasteiger charge is 2.21. The van der Waals surface area contributed by atoms with Gasteiger partial charge in [0.05, 0.1) is 6.54 Å². The van der Waals surface area contributed by atoms with Crippen molar-refractivity contribution in [3.05, 3.63) is 48.3 Å². The van der Waals surface area contributed by atoms with E-state index < -0.39 is 0 Å². The van der Waals surface area contributed by atoms with Gasteiger partial charge < -0.3 is 9.88 Å². The second-order valence-electron chi connectivity index (χ2n) is 4.10. The van der Waals surface area contributed by atoms with Crippen molar-refractivity contribution in [3.8, 4) is 0 Å². The molecule has 1 aliphatic rings. The molecule has 1 aromatic carbocycles. The van der Waals surface area contributed by atoms with Gasteiger partial charge in [0.1, 0.15) is 0 Å².